The third kappa shape index (κ3) is 5.79. The van der Waals surface area contributed by atoms with Gasteiger partial charge in [-0.3, -0.25) is 4.79 Å². The summed E-state index contributed by atoms with van der Waals surface area (Å²) in [6.07, 6.45) is 5.01. The third-order valence-corrected chi connectivity index (χ3v) is 6.48. The van der Waals surface area contributed by atoms with Crippen molar-refractivity contribution in [3.8, 4) is 5.75 Å². The van der Waals surface area contributed by atoms with Gasteiger partial charge in [0, 0.05) is 6.54 Å². The lowest BCUT2D eigenvalue weighted by Crippen LogP contribution is -2.41. The summed E-state index contributed by atoms with van der Waals surface area (Å²) in [6, 6.07) is 16.9. The predicted octanol–water partition coefficient (Wildman–Crippen LogP) is 3.43. The minimum absolute atomic E-state index is 0. The average Bonchev–Trinajstić information content (AvgIpc) is 3.37. The fraction of sp³-hybridized carbons (Fsp3) is 0.435. The molecule has 0 aromatic heterocycles. The topological polar surface area (TPSA) is 75.7 Å². The molecule has 1 N–H and O–H groups in total. The minimum atomic E-state index is -3.57. The van der Waals surface area contributed by atoms with Crippen molar-refractivity contribution in [2.75, 3.05) is 25.9 Å². The van der Waals surface area contributed by atoms with E-state index in [0.29, 0.717) is 0 Å². The molecule has 4 rings (SSSR count). The molecular formula is C23H29ClN2O4S. The summed E-state index contributed by atoms with van der Waals surface area (Å²) < 4.78 is 27.5. The van der Waals surface area contributed by atoms with Gasteiger partial charge in [-0.2, -0.15) is 8.42 Å². The monoisotopic (exact) mass is 464 g/mol. The molecule has 1 amide bonds. The molecule has 1 atom stereocenters. The quantitative estimate of drug-likeness (QED) is 0.606. The molecule has 2 fully saturated rings. The number of halogens is 1. The minimum Gasteiger partial charge on any atom is -0.383 e. The molecule has 8 heteroatoms. The lowest BCUT2D eigenvalue weighted by atomic mass is 9.94. The summed E-state index contributed by atoms with van der Waals surface area (Å²) in [4.78, 5) is 15.8. The number of rotatable bonds is 8. The number of likely N-dealkylation sites (tertiary alicyclic amines) is 1. The van der Waals surface area contributed by atoms with E-state index in [1.165, 1.54) is 12.8 Å². The number of nitrogens with one attached hydrogen (secondary N) is 1. The van der Waals surface area contributed by atoms with E-state index in [-0.39, 0.29) is 30.1 Å². The van der Waals surface area contributed by atoms with Gasteiger partial charge in [0.25, 0.3) is 0 Å². The van der Waals surface area contributed by atoms with E-state index in [0.717, 1.165) is 49.9 Å². The highest BCUT2D eigenvalue weighted by molar-refractivity contribution is 7.86. The fourth-order valence-corrected chi connectivity index (χ4v) is 4.68. The molecular weight excluding hydrogens is 436 g/mol. The van der Waals surface area contributed by atoms with Gasteiger partial charge in [-0.05, 0) is 62.0 Å². The molecule has 1 saturated carbocycles. The zero-order chi connectivity index (χ0) is 21.2. The van der Waals surface area contributed by atoms with Gasteiger partial charge >= 0.3 is 10.1 Å². The SMILES string of the molecule is CS(=O)(=O)Oc1ccc(C2(C(=O)N[C@H](CN3CCCC3)c3ccccc3)CC2)cc1.Cl. The molecule has 2 aliphatic rings. The van der Waals surface area contributed by atoms with Gasteiger partial charge in [-0.25, -0.2) is 0 Å². The fourth-order valence-electron chi connectivity index (χ4n) is 4.22. The largest absolute Gasteiger partial charge is 0.383 e. The maximum Gasteiger partial charge on any atom is 0.306 e. The molecule has 2 aromatic carbocycles. The zero-order valence-electron chi connectivity index (χ0n) is 17.6. The lowest BCUT2D eigenvalue weighted by molar-refractivity contribution is -0.124. The van der Waals surface area contributed by atoms with Gasteiger partial charge in [0.05, 0.1) is 17.7 Å². The summed E-state index contributed by atoms with van der Waals surface area (Å²) in [7, 11) is -3.57. The number of hydrogen-bond donors (Lipinski definition) is 1. The van der Waals surface area contributed by atoms with Crippen molar-refractivity contribution >= 4 is 28.4 Å². The summed E-state index contributed by atoms with van der Waals surface area (Å²) >= 11 is 0. The van der Waals surface area contributed by atoms with Crippen molar-refractivity contribution in [2.45, 2.75) is 37.1 Å². The number of nitrogens with zero attached hydrogens (tertiary/aromatic N) is 1. The Morgan fingerprint density at radius 3 is 2.23 bits per heavy atom. The van der Waals surface area contributed by atoms with Crippen LogP contribution in [0.3, 0.4) is 0 Å². The number of carbonyl (C=O) groups is 1. The molecule has 0 radical (unpaired) electrons. The second-order valence-corrected chi connectivity index (χ2v) is 9.91. The van der Waals surface area contributed by atoms with E-state index in [1.54, 1.807) is 24.3 Å². The Balaban J connectivity index is 0.00000272. The molecule has 1 aliphatic heterocycles. The Labute approximate surface area is 190 Å². The Morgan fingerprint density at radius 1 is 1.06 bits per heavy atom. The second kappa shape index (κ2) is 9.59. The Morgan fingerprint density at radius 2 is 1.68 bits per heavy atom. The van der Waals surface area contributed by atoms with E-state index >= 15 is 0 Å². The first-order chi connectivity index (χ1) is 14.4. The van der Waals surface area contributed by atoms with Gasteiger partial charge in [-0.15, -0.1) is 12.4 Å². The van der Waals surface area contributed by atoms with Crippen molar-refractivity contribution < 1.29 is 17.4 Å². The first-order valence-corrected chi connectivity index (χ1v) is 12.3. The van der Waals surface area contributed by atoms with Crippen molar-refractivity contribution in [2.24, 2.45) is 0 Å². The number of benzene rings is 2. The van der Waals surface area contributed by atoms with Crippen molar-refractivity contribution in [3.63, 3.8) is 0 Å². The summed E-state index contributed by atoms with van der Waals surface area (Å²) in [5.41, 5.74) is 1.47. The molecule has 2 aromatic rings. The summed E-state index contributed by atoms with van der Waals surface area (Å²) in [5.74, 6) is 0.293. The maximum atomic E-state index is 13.3. The van der Waals surface area contributed by atoms with Gasteiger partial charge in [0.2, 0.25) is 5.91 Å². The van der Waals surface area contributed by atoms with Crippen LogP contribution in [0.4, 0.5) is 0 Å². The van der Waals surface area contributed by atoms with Crippen molar-refractivity contribution in [1.82, 2.24) is 10.2 Å². The number of carbonyl (C=O) groups excluding carboxylic acids is 1. The normalized spacial score (nSPS) is 18.6. The average molecular weight is 465 g/mol. The van der Waals surface area contributed by atoms with Gasteiger partial charge in [0.15, 0.2) is 0 Å². The zero-order valence-corrected chi connectivity index (χ0v) is 19.3. The smallest absolute Gasteiger partial charge is 0.306 e. The van der Waals surface area contributed by atoms with Crippen LogP contribution >= 0.6 is 12.4 Å². The predicted molar refractivity (Wildman–Crippen MR) is 123 cm³/mol. The Bertz CT molecular complexity index is 986. The van der Waals surface area contributed by atoms with E-state index in [2.05, 4.69) is 22.3 Å². The van der Waals surface area contributed by atoms with Crippen LogP contribution in [0.15, 0.2) is 54.6 Å². The number of hydrogen-bond acceptors (Lipinski definition) is 5. The van der Waals surface area contributed by atoms with Crippen LogP contribution in [0.1, 0.15) is 42.9 Å². The highest BCUT2D eigenvalue weighted by Crippen LogP contribution is 2.49. The molecule has 0 unspecified atom stereocenters. The van der Waals surface area contributed by atoms with Gasteiger partial charge < -0.3 is 14.4 Å². The van der Waals surface area contributed by atoms with Gasteiger partial charge in [-0.1, -0.05) is 42.5 Å². The third-order valence-electron chi connectivity index (χ3n) is 5.99. The van der Waals surface area contributed by atoms with Crippen LogP contribution in [0.25, 0.3) is 0 Å². The molecule has 1 aliphatic carbocycles. The van der Waals surface area contributed by atoms with Crippen LogP contribution in [0, 0.1) is 0 Å². The molecule has 1 heterocycles. The van der Waals surface area contributed by atoms with E-state index < -0.39 is 15.5 Å². The molecule has 0 spiro atoms. The van der Waals surface area contributed by atoms with Crippen LogP contribution in [-0.4, -0.2) is 45.1 Å². The standard InChI is InChI=1S/C23H28N2O4S.ClH/c1-30(27,28)29-20-11-9-19(10-12-20)23(13-14-23)22(26)24-21(17-25-15-5-6-16-25)18-7-3-2-4-8-18;/h2-4,7-12,21H,5-6,13-17H2,1H3,(H,24,26);1H/t21-;/m1./s1. The Hall–Kier alpha value is -2.09. The maximum absolute atomic E-state index is 13.3. The first-order valence-electron chi connectivity index (χ1n) is 10.4. The van der Waals surface area contributed by atoms with Crippen molar-refractivity contribution in [3.05, 3.63) is 65.7 Å². The molecule has 0 bridgehead atoms. The van der Waals surface area contributed by atoms with Crippen LogP contribution in [0.5, 0.6) is 5.75 Å². The molecule has 168 valence electrons. The summed E-state index contributed by atoms with van der Waals surface area (Å²) in [6.45, 7) is 2.96. The second-order valence-electron chi connectivity index (χ2n) is 8.34. The van der Waals surface area contributed by atoms with Crippen LogP contribution in [0.2, 0.25) is 0 Å². The highest BCUT2D eigenvalue weighted by atomic mass is 35.5. The van der Waals surface area contributed by atoms with Crippen molar-refractivity contribution in [1.29, 1.82) is 0 Å². The summed E-state index contributed by atoms with van der Waals surface area (Å²) in [5, 5.41) is 3.31. The Kier molecular flexibility index (Phi) is 7.29. The molecule has 31 heavy (non-hydrogen) atoms. The molecule has 6 nitrogen and oxygen atoms in total. The number of amides is 1. The highest BCUT2D eigenvalue weighted by Gasteiger charge is 2.51. The van der Waals surface area contributed by atoms with Crippen LogP contribution < -0.4 is 9.50 Å². The molecule has 1 saturated heterocycles. The van der Waals surface area contributed by atoms with Crippen LogP contribution in [-0.2, 0) is 20.3 Å². The first kappa shape index (κ1) is 23.6. The van der Waals surface area contributed by atoms with E-state index in [4.69, 9.17) is 4.18 Å². The van der Waals surface area contributed by atoms with Gasteiger partial charge in [0.1, 0.15) is 5.75 Å². The van der Waals surface area contributed by atoms with E-state index in [1.807, 2.05) is 18.2 Å². The van der Waals surface area contributed by atoms with E-state index in [9.17, 15) is 13.2 Å². The lowest BCUT2D eigenvalue weighted by Gasteiger charge is -2.27.